The zero-order valence-corrected chi connectivity index (χ0v) is 5.08. The molecule has 0 aliphatic rings. The van der Waals surface area contributed by atoms with Gasteiger partial charge >= 0.3 is 37.7 Å². The van der Waals surface area contributed by atoms with Gasteiger partial charge in [-0.25, -0.2) is 0 Å². The van der Waals surface area contributed by atoms with Gasteiger partial charge in [-0.05, 0) is 5.56 Å². The van der Waals surface area contributed by atoms with E-state index >= 15 is 0 Å². The zero-order chi connectivity index (χ0) is 5.82. The second kappa shape index (κ2) is 7.26. The van der Waals surface area contributed by atoms with E-state index in [1.807, 2.05) is 36.4 Å². The quantitative estimate of drug-likeness (QED) is 0.555. The number of rotatable bonds is 1. The molecule has 1 aromatic carbocycles. The molecule has 2 heteroatoms. The van der Waals surface area contributed by atoms with E-state index in [0.717, 1.165) is 0 Å². The molecule has 0 aromatic heterocycles. The van der Waals surface area contributed by atoms with Crippen molar-refractivity contribution in [1.82, 2.24) is 0 Å². The Morgan fingerprint density at radius 2 is 1.60 bits per heavy atom. The van der Waals surface area contributed by atoms with Crippen molar-refractivity contribution >= 4 is 43.8 Å². The summed E-state index contributed by atoms with van der Waals surface area (Å²) in [5.74, 6) is 0. The van der Waals surface area contributed by atoms with E-state index in [0.29, 0.717) is 0 Å². The van der Waals surface area contributed by atoms with Crippen LogP contribution in [0.3, 0.4) is 0 Å². The minimum atomic E-state index is 0. The van der Waals surface area contributed by atoms with Crippen LogP contribution in [0.25, 0.3) is 6.08 Å². The Kier molecular flexibility index (Phi) is 9.29. The average molecular weight is 166 g/mol. The summed E-state index contributed by atoms with van der Waals surface area (Å²) >= 11 is 0. The minimum absolute atomic E-state index is 0. The fraction of sp³-hybridized carbons (Fsp3) is 0. The first-order valence-corrected chi connectivity index (χ1v) is 2.61. The van der Waals surface area contributed by atoms with Gasteiger partial charge in [0.05, 0.1) is 0 Å². The fourth-order valence-electron chi connectivity index (χ4n) is 0.589. The van der Waals surface area contributed by atoms with Crippen molar-refractivity contribution in [3.8, 4) is 0 Å². The monoisotopic (exact) mass is 166 g/mol. The molecule has 0 N–H and O–H groups in total. The predicted molar refractivity (Wildman–Crippen MR) is 47.6 cm³/mol. The molecule has 0 nitrogen and oxygen atoms in total. The van der Waals surface area contributed by atoms with Gasteiger partial charge in [0.1, 0.15) is 0 Å². The summed E-state index contributed by atoms with van der Waals surface area (Å²) in [6.07, 6.45) is 1.83. The Hall–Kier alpha value is 0.150. The summed E-state index contributed by atoms with van der Waals surface area (Å²) < 4.78 is 0. The van der Waals surface area contributed by atoms with Crippen LogP contribution < -0.4 is 0 Å². The normalized spacial score (nSPS) is 6.80. The maximum atomic E-state index is 3.63. The first-order valence-electron chi connectivity index (χ1n) is 2.61. The van der Waals surface area contributed by atoms with Gasteiger partial charge in [-0.2, -0.15) is 0 Å². The van der Waals surface area contributed by atoms with Crippen LogP contribution in [-0.4, -0.2) is 37.7 Å². The summed E-state index contributed by atoms with van der Waals surface area (Å²) in [6, 6.07) is 10.0. The van der Waals surface area contributed by atoms with Gasteiger partial charge in [-0.1, -0.05) is 43.0 Å². The van der Waals surface area contributed by atoms with Crippen molar-refractivity contribution in [2.24, 2.45) is 0 Å². The second-order valence-electron chi connectivity index (χ2n) is 1.61. The molecule has 0 aliphatic carbocycles. The van der Waals surface area contributed by atoms with Crippen molar-refractivity contribution < 1.29 is 4.70 Å². The zero-order valence-electron chi connectivity index (χ0n) is 5.08. The van der Waals surface area contributed by atoms with E-state index in [4.69, 9.17) is 0 Å². The van der Waals surface area contributed by atoms with Crippen LogP contribution in [0.4, 0.5) is 4.70 Å². The molecule has 1 aromatic rings. The van der Waals surface area contributed by atoms with E-state index in [9.17, 15) is 0 Å². The third-order valence-corrected chi connectivity index (χ3v) is 1.04. The molecular formula is C8H11CaF. The van der Waals surface area contributed by atoms with Crippen LogP contribution in [-0.2, 0) is 0 Å². The molecule has 0 unspecified atom stereocenters. The molecule has 0 atom stereocenters. The van der Waals surface area contributed by atoms with E-state index in [1.54, 1.807) is 0 Å². The molecule has 0 heterocycles. The molecular weight excluding hydrogens is 155 g/mol. The number of hydrogen-bond acceptors (Lipinski definition) is 0. The predicted octanol–water partition coefficient (Wildman–Crippen LogP) is 1.57. The summed E-state index contributed by atoms with van der Waals surface area (Å²) in [6.45, 7) is 3.63. The molecule has 10 heavy (non-hydrogen) atoms. The molecule has 0 radical (unpaired) electrons. The Morgan fingerprint density at radius 3 is 1.90 bits per heavy atom. The van der Waals surface area contributed by atoms with E-state index < -0.39 is 0 Å². The topological polar surface area (TPSA) is 0 Å². The van der Waals surface area contributed by atoms with Crippen molar-refractivity contribution in [1.29, 1.82) is 0 Å². The van der Waals surface area contributed by atoms with Crippen LogP contribution in [0.5, 0.6) is 0 Å². The molecule has 0 bridgehead atoms. The Morgan fingerprint density at radius 1 is 1.10 bits per heavy atom. The summed E-state index contributed by atoms with van der Waals surface area (Å²) in [7, 11) is 0. The van der Waals surface area contributed by atoms with E-state index in [2.05, 4.69) is 6.58 Å². The van der Waals surface area contributed by atoms with Crippen molar-refractivity contribution in [2.75, 3.05) is 0 Å². The number of hydrogen-bond donors (Lipinski definition) is 0. The Balaban J connectivity index is 0. The van der Waals surface area contributed by atoms with Crippen LogP contribution in [0.15, 0.2) is 36.9 Å². The van der Waals surface area contributed by atoms with Gasteiger partial charge in [-0.15, -0.1) is 0 Å². The summed E-state index contributed by atoms with van der Waals surface area (Å²) in [5, 5.41) is 0. The molecule has 52 valence electrons. The molecule has 0 aliphatic heterocycles. The molecule has 0 amide bonds. The van der Waals surface area contributed by atoms with Gasteiger partial charge < -0.3 is 0 Å². The van der Waals surface area contributed by atoms with Crippen LogP contribution in [0.2, 0.25) is 0 Å². The number of halogens is 1. The first kappa shape index (κ1) is 12.8. The van der Waals surface area contributed by atoms with Crippen molar-refractivity contribution in [2.45, 2.75) is 0 Å². The van der Waals surface area contributed by atoms with E-state index in [-0.39, 0.29) is 42.4 Å². The standard InChI is InChI=1S/C8H8.Ca.FH.2H/c1-2-8-6-4-3-5-7-8;;;;/h2-7H,1H2;;1H;;. The van der Waals surface area contributed by atoms with Gasteiger partial charge in [-0.3, -0.25) is 4.70 Å². The fourth-order valence-corrected chi connectivity index (χ4v) is 0.589. The molecule has 1 rings (SSSR count). The van der Waals surface area contributed by atoms with Gasteiger partial charge in [0.2, 0.25) is 0 Å². The van der Waals surface area contributed by atoms with Crippen LogP contribution in [0, 0.1) is 0 Å². The molecule has 0 fully saturated rings. The van der Waals surface area contributed by atoms with Gasteiger partial charge in [0.15, 0.2) is 0 Å². The van der Waals surface area contributed by atoms with Crippen molar-refractivity contribution in [3.63, 3.8) is 0 Å². The first-order chi connectivity index (χ1) is 3.93. The van der Waals surface area contributed by atoms with Gasteiger partial charge in [0.25, 0.3) is 0 Å². The summed E-state index contributed by atoms with van der Waals surface area (Å²) in [4.78, 5) is 0. The average Bonchev–Trinajstić information content (AvgIpc) is 1.90. The third-order valence-electron chi connectivity index (χ3n) is 1.04. The Bertz CT molecular complexity index is 172. The maximum absolute atomic E-state index is 3.63. The van der Waals surface area contributed by atoms with E-state index in [1.165, 1.54) is 5.56 Å². The van der Waals surface area contributed by atoms with Crippen LogP contribution in [0.1, 0.15) is 5.56 Å². The van der Waals surface area contributed by atoms with Gasteiger partial charge in [0, 0.05) is 0 Å². The molecule has 0 saturated heterocycles. The Labute approximate surface area is 90.3 Å². The van der Waals surface area contributed by atoms with Crippen molar-refractivity contribution in [3.05, 3.63) is 42.5 Å². The molecule has 0 saturated carbocycles. The SMILES string of the molecule is C=Cc1ccccc1.F.[CaH2]. The van der Waals surface area contributed by atoms with Crippen LogP contribution >= 0.6 is 0 Å². The number of benzene rings is 1. The molecule has 0 spiro atoms. The summed E-state index contributed by atoms with van der Waals surface area (Å²) in [5.41, 5.74) is 1.17. The second-order valence-corrected chi connectivity index (χ2v) is 1.61. The third kappa shape index (κ3) is 4.04.